The third kappa shape index (κ3) is 2.98. The van der Waals surface area contributed by atoms with Crippen LogP contribution in [0.5, 0.6) is 0 Å². The number of carbonyl (C=O) groups is 1. The molecular weight excluding hydrogens is 372 g/mol. The summed E-state index contributed by atoms with van der Waals surface area (Å²) >= 11 is 0. The molecule has 146 valence electrons. The first-order valence-electron chi connectivity index (χ1n) is 9.03. The van der Waals surface area contributed by atoms with Crippen molar-refractivity contribution in [1.29, 1.82) is 0 Å². The van der Waals surface area contributed by atoms with Crippen LogP contribution >= 0.6 is 0 Å². The van der Waals surface area contributed by atoms with E-state index >= 15 is 0 Å². The fourth-order valence-electron chi connectivity index (χ4n) is 3.98. The maximum Gasteiger partial charge on any atom is 0.313 e. The molecule has 3 aromatic rings. The van der Waals surface area contributed by atoms with E-state index in [1.807, 2.05) is 30.3 Å². The summed E-state index contributed by atoms with van der Waals surface area (Å²) in [5.74, 6) is -2.38. The highest BCUT2D eigenvalue weighted by Gasteiger charge is 2.43. The van der Waals surface area contributed by atoms with Gasteiger partial charge in [-0.3, -0.25) is 19.6 Å². The molecule has 0 amide bonds. The van der Waals surface area contributed by atoms with Crippen molar-refractivity contribution in [1.82, 2.24) is 9.78 Å². The summed E-state index contributed by atoms with van der Waals surface area (Å²) in [7, 11) is 1.74. The Kier molecular flexibility index (Phi) is 4.46. The van der Waals surface area contributed by atoms with Gasteiger partial charge in [-0.05, 0) is 6.92 Å². The van der Waals surface area contributed by atoms with E-state index in [1.165, 1.54) is 6.07 Å². The summed E-state index contributed by atoms with van der Waals surface area (Å²) in [6, 6.07) is 15.6. The molecule has 8 heteroatoms. The van der Waals surface area contributed by atoms with E-state index < -0.39 is 22.7 Å². The van der Waals surface area contributed by atoms with Crippen LogP contribution in [0.1, 0.15) is 24.0 Å². The second-order valence-electron chi connectivity index (χ2n) is 6.94. The van der Waals surface area contributed by atoms with Crippen LogP contribution in [0.15, 0.2) is 59.6 Å². The fourth-order valence-corrected chi connectivity index (χ4v) is 3.98. The van der Waals surface area contributed by atoms with Gasteiger partial charge in [-0.15, -0.1) is 0 Å². The van der Waals surface area contributed by atoms with E-state index in [9.17, 15) is 20.0 Å². The van der Waals surface area contributed by atoms with Crippen molar-refractivity contribution in [3.05, 3.63) is 75.8 Å². The van der Waals surface area contributed by atoms with Crippen molar-refractivity contribution in [2.45, 2.75) is 12.8 Å². The van der Waals surface area contributed by atoms with Crippen molar-refractivity contribution in [2.75, 3.05) is 0 Å². The number of nitro benzene ring substituents is 1. The van der Waals surface area contributed by atoms with E-state index in [2.05, 4.69) is 10.1 Å². The Balaban J connectivity index is 2.07. The number of carboxylic acid groups (broad SMARTS) is 1. The number of aryl methyl sites for hydroxylation is 1. The Morgan fingerprint density at radius 1 is 1.14 bits per heavy atom. The van der Waals surface area contributed by atoms with Crippen LogP contribution in [0.2, 0.25) is 0 Å². The highest BCUT2D eigenvalue weighted by Crippen LogP contribution is 2.48. The molecule has 0 radical (unpaired) electrons. The van der Waals surface area contributed by atoms with Gasteiger partial charge >= 0.3 is 5.97 Å². The number of carboxylic acids is 1. The number of fused-ring (bicyclic) bond motifs is 1. The van der Waals surface area contributed by atoms with Gasteiger partial charge < -0.3 is 5.11 Å². The van der Waals surface area contributed by atoms with Gasteiger partial charge in [0.05, 0.1) is 10.6 Å². The summed E-state index contributed by atoms with van der Waals surface area (Å²) in [5.41, 5.74) is 2.57. The van der Waals surface area contributed by atoms with Gasteiger partial charge in [-0.1, -0.05) is 48.5 Å². The van der Waals surface area contributed by atoms with Crippen LogP contribution in [-0.4, -0.2) is 31.5 Å². The van der Waals surface area contributed by atoms with E-state index in [0.29, 0.717) is 28.4 Å². The normalized spacial score (nSPS) is 18.1. The topological polar surface area (TPSA) is 111 Å². The first-order chi connectivity index (χ1) is 13.9. The molecule has 8 nitrogen and oxygen atoms in total. The second kappa shape index (κ2) is 6.97. The Hall–Kier alpha value is -3.81. The Morgan fingerprint density at radius 3 is 2.45 bits per heavy atom. The number of aliphatic carboxylic acids is 1. The smallest absolute Gasteiger partial charge is 0.313 e. The number of aliphatic imine (C=N–C) groups is 1. The summed E-state index contributed by atoms with van der Waals surface area (Å²) < 4.78 is 1.60. The molecule has 2 atom stereocenters. The van der Waals surface area contributed by atoms with Crippen molar-refractivity contribution in [3.8, 4) is 11.3 Å². The average molecular weight is 390 g/mol. The molecule has 0 saturated heterocycles. The molecule has 2 heterocycles. The summed E-state index contributed by atoms with van der Waals surface area (Å²) in [5, 5.41) is 26.3. The van der Waals surface area contributed by atoms with Gasteiger partial charge in [-0.2, -0.15) is 5.10 Å². The molecule has 0 saturated carbocycles. The molecule has 2 aromatic carbocycles. The monoisotopic (exact) mass is 390 g/mol. The quantitative estimate of drug-likeness (QED) is 0.536. The van der Waals surface area contributed by atoms with Crippen molar-refractivity contribution < 1.29 is 14.8 Å². The number of hydrogen-bond donors (Lipinski definition) is 1. The predicted octanol–water partition coefficient (Wildman–Crippen LogP) is 3.93. The van der Waals surface area contributed by atoms with Crippen molar-refractivity contribution >= 4 is 23.2 Å². The molecule has 0 bridgehead atoms. The van der Waals surface area contributed by atoms with Crippen molar-refractivity contribution in [3.63, 3.8) is 0 Å². The van der Waals surface area contributed by atoms with Gasteiger partial charge in [-0.25, -0.2) is 4.99 Å². The van der Waals surface area contributed by atoms with E-state index in [4.69, 9.17) is 0 Å². The van der Waals surface area contributed by atoms with Gasteiger partial charge in [0.2, 0.25) is 0 Å². The van der Waals surface area contributed by atoms with E-state index in [1.54, 1.807) is 36.9 Å². The van der Waals surface area contributed by atoms with Crippen LogP contribution in [0.3, 0.4) is 0 Å². The number of aromatic nitrogens is 2. The second-order valence-corrected chi connectivity index (χ2v) is 6.94. The van der Waals surface area contributed by atoms with Crippen LogP contribution in [0.25, 0.3) is 11.3 Å². The lowest BCUT2D eigenvalue weighted by Gasteiger charge is -2.28. The molecule has 1 N–H and O–H groups in total. The Morgan fingerprint density at radius 2 is 1.79 bits per heavy atom. The Labute approximate surface area is 166 Å². The zero-order valence-corrected chi connectivity index (χ0v) is 15.8. The minimum Gasteiger partial charge on any atom is -0.481 e. The lowest BCUT2D eigenvalue weighted by atomic mass is 9.75. The third-order valence-electron chi connectivity index (χ3n) is 5.21. The van der Waals surface area contributed by atoms with Crippen LogP contribution in [-0.2, 0) is 11.8 Å². The number of para-hydroxylation sites is 1. The molecule has 1 aromatic heterocycles. The van der Waals surface area contributed by atoms with Gasteiger partial charge in [0.1, 0.15) is 5.92 Å². The summed E-state index contributed by atoms with van der Waals surface area (Å²) in [6.07, 6.45) is 0. The third-order valence-corrected chi connectivity index (χ3v) is 5.21. The molecular formula is C21H18N4O4. The standard InChI is InChI=1S/C21H18N4O4/c1-12-16(21(26)27)17(14-10-6-7-11-15(14)25(28)29)18-19(13-8-4-3-5-9-13)23-24(2)20(18)22-12/h3-11,16-17H,1-2H3,(H,26,27). The molecule has 29 heavy (non-hydrogen) atoms. The van der Waals surface area contributed by atoms with Gasteiger partial charge in [0, 0.05) is 41.4 Å². The first-order valence-corrected chi connectivity index (χ1v) is 9.03. The largest absolute Gasteiger partial charge is 0.481 e. The van der Waals surface area contributed by atoms with Crippen molar-refractivity contribution in [2.24, 2.45) is 18.0 Å². The zero-order chi connectivity index (χ0) is 20.7. The summed E-state index contributed by atoms with van der Waals surface area (Å²) in [6.45, 7) is 1.64. The molecule has 0 fully saturated rings. The molecule has 2 unspecified atom stereocenters. The zero-order valence-electron chi connectivity index (χ0n) is 15.8. The highest BCUT2D eigenvalue weighted by molar-refractivity contribution is 6.05. The molecule has 1 aliphatic rings. The minimum absolute atomic E-state index is 0.118. The number of nitro groups is 1. The Bertz CT molecular complexity index is 1150. The average Bonchev–Trinajstić information content (AvgIpc) is 3.03. The maximum atomic E-state index is 12.2. The number of hydrogen-bond acceptors (Lipinski definition) is 5. The molecule has 0 spiro atoms. The minimum atomic E-state index is -1.08. The fraction of sp³-hybridized carbons (Fsp3) is 0.190. The maximum absolute atomic E-state index is 12.2. The summed E-state index contributed by atoms with van der Waals surface area (Å²) in [4.78, 5) is 28.0. The van der Waals surface area contributed by atoms with Crippen LogP contribution in [0.4, 0.5) is 11.5 Å². The van der Waals surface area contributed by atoms with Gasteiger partial charge in [0.25, 0.3) is 5.69 Å². The van der Waals surface area contributed by atoms with E-state index in [0.717, 1.165) is 5.56 Å². The number of nitrogens with zero attached hydrogens (tertiary/aromatic N) is 4. The highest BCUT2D eigenvalue weighted by atomic mass is 16.6. The van der Waals surface area contributed by atoms with Crippen LogP contribution in [0, 0.1) is 16.0 Å². The lowest BCUT2D eigenvalue weighted by Crippen LogP contribution is -2.32. The van der Waals surface area contributed by atoms with Gasteiger partial charge in [0.15, 0.2) is 5.82 Å². The van der Waals surface area contributed by atoms with Crippen LogP contribution < -0.4 is 0 Å². The first kappa shape index (κ1) is 18.5. The number of rotatable bonds is 4. The molecule has 1 aliphatic heterocycles. The van der Waals surface area contributed by atoms with E-state index in [-0.39, 0.29) is 5.69 Å². The predicted molar refractivity (Wildman–Crippen MR) is 107 cm³/mol. The lowest BCUT2D eigenvalue weighted by molar-refractivity contribution is -0.385. The molecule has 4 rings (SSSR count). The SMILES string of the molecule is CC1=Nc2c(c(-c3ccccc3)nn2C)C(c2ccccc2[N+](=O)[O-])C1C(=O)O. The number of benzene rings is 2. The molecule has 0 aliphatic carbocycles.